The molecule has 0 radical (unpaired) electrons. The van der Waals surface area contributed by atoms with E-state index < -0.39 is 0 Å². The Balaban J connectivity index is 1.64. The van der Waals surface area contributed by atoms with E-state index in [1.165, 1.54) is 18.4 Å². The second kappa shape index (κ2) is 7.53. The van der Waals surface area contributed by atoms with Gasteiger partial charge in [0.1, 0.15) is 0 Å². The molecule has 1 aromatic rings. The Morgan fingerprint density at radius 2 is 2.05 bits per heavy atom. The minimum absolute atomic E-state index is 0.645. The lowest BCUT2D eigenvalue weighted by atomic mass is 10.1. The van der Waals surface area contributed by atoms with Crippen LogP contribution in [0.5, 0.6) is 11.5 Å². The summed E-state index contributed by atoms with van der Waals surface area (Å²) in [5.41, 5.74) is 1.22. The van der Waals surface area contributed by atoms with Gasteiger partial charge in [-0.05, 0) is 42.9 Å². The van der Waals surface area contributed by atoms with Gasteiger partial charge in [0, 0.05) is 32.7 Å². The van der Waals surface area contributed by atoms with Crippen LogP contribution in [0.25, 0.3) is 0 Å². The molecule has 1 saturated heterocycles. The van der Waals surface area contributed by atoms with Gasteiger partial charge in [-0.15, -0.1) is 0 Å². The van der Waals surface area contributed by atoms with E-state index in [0.717, 1.165) is 51.5 Å². The minimum atomic E-state index is 0.645. The molecule has 0 unspecified atom stereocenters. The number of benzene rings is 1. The minimum Gasteiger partial charge on any atom is -0.491 e. The van der Waals surface area contributed by atoms with Gasteiger partial charge in [0.25, 0.3) is 0 Å². The topological polar surface area (TPSA) is 33.7 Å². The van der Waals surface area contributed by atoms with Gasteiger partial charge in [0.05, 0.1) is 18.7 Å². The number of nitrogens with one attached hydrogen (secondary N) is 1. The monoisotopic (exact) mass is 324 g/mol. The first-order valence-electron chi connectivity index (χ1n) is 8.18. The molecular weight excluding hydrogens is 300 g/mol. The summed E-state index contributed by atoms with van der Waals surface area (Å²) < 4.78 is 11.3. The molecule has 4 nitrogen and oxygen atoms in total. The third-order valence-corrected chi connectivity index (χ3v) is 4.65. The molecule has 0 atom stereocenters. The maximum atomic E-state index is 6.36. The Hall–Kier alpha value is -0.970. The standard InChI is InChI=1S/C17H25ClN2O2/c1-21-17-15(18)10-14(4-7-20-8-5-19-6-9-20)11-16(17)22-12-13-2-3-13/h10-11,13,19H,2-9,12H2,1H3. The first-order chi connectivity index (χ1) is 10.8. The molecular formula is C17H25ClN2O2. The molecule has 122 valence electrons. The lowest BCUT2D eigenvalue weighted by molar-refractivity contribution is 0.243. The van der Waals surface area contributed by atoms with Crippen LogP contribution in [0.1, 0.15) is 18.4 Å². The quantitative estimate of drug-likeness (QED) is 0.836. The molecule has 5 heteroatoms. The maximum Gasteiger partial charge on any atom is 0.179 e. The number of methoxy groups -OCH3 is 1. The molecule has 1 aliphatic carbocycles. The Bertz CT molecular complexity index is 500. The van der Waals surface area contributed by atoms with Crippen molar-refractivity contribution in [1.82, 2.24) is 10.2 Å². The summed E-state index contributed by atoms with van der Waals surface area (Å²) in [6.45, 7) is 6.24. The van der Waals surface area contributed by atoms with Crippen molar-refractivity contribution >= 4 is 11.6 Å². The molecule has 0 spiro atoms. The summed E-state index contributed by atoms with van der Waals surface area (Å²) in [5, 5.41) is 4.02. The average Bonchev–Trinajstić information content (AvgIpc) is 3.36. The molecule has 1 saturated carbocycles. The second-order valence-electron chi connectivity index (χ2n) is 6.21. The zero-order valence-corrected chi connectivity index (χ0v) is 14.0. The zero-order chi connectivity index (χ0) is 15.4. The molecule has 1 N–H and O–H groups in total. The van der Waals surface area contributed by atoms with E-state index in [0.29, 0.717) is 16.7 Å². The van der Waals surface area contributed by atoms with Crippen molar-refractivity contribution in [3.8, 4) is 11.5 Å². The normalized spacial score (nSPS) is 19.2. The molecule has 22 heavy (non-hydrogen) atoms. The van der Waals surface area contributed by atoms with Gasteiger partial charge in [-0.3, -0.25) is 0 Å². The Kier molecular flexibility index (Phi) is 5.45. The van der Waals surface area contributed by atoms with Gasteiger partial charge in [0.2, 0.25) is 0 Å². The van der Waals surface area contributed by atoms with Gasteiger partial charge in [-0.1, -0.05) is 11.6 Å². The van der Waals surface area contributed by atoms with Crippen LogP contribution in [0.3, 0.4) is 0 Å². The SMILES string of the molecule is COc1c(Cl)cc(CCN2CCNCC2)cc1OCC1CC1. The van der Waals surface area contributed by atoms with Crippen LogP contribution < -0.4 is 14.8 Å². The van der Waals surface area contributed by atoms with Crippen LogP contribution in [-0.2, 0) is 6.42 Å². The van der Waals surface area contributed by atoms with E-state index in [4.69, 9.17) is 21.1 Å². The summed E-state index contributed by atoms with van der Waals surface area (Å²) in [7, 11) is 1.64. The largest absolute Gasteiger partial charge is 0.491 e. The first-order valence-corrected chi connectivity index (χ1v) is 8.56. The smallest absolute Gasteiger partial charge is 0.179 e. The Labute approximate surface area is 137 Å². The van der Waals surface area contributed by atoms with Crippen LogP contribution in [0.2, 0.25) is 5.02 Å². The molecule has 1 aliphatic heterocycles. The van der Waals surface area contributed by atoms with Gasteiger partial charge in [-0.25, -0.2) is 0 Å². The van der Waals surface area contributed by atoms with E-state index in [-0.39, 0.29) is 0 Å². The maximum absolute atomic E-state index is 6.36. The zero-order valence-electron chi connectivity index (χ0n) is 13.2. The van der Waals surface area contributed by atoms with Crippen molar-refractivity contribution in [2.75, 3.05) is 46.4 Å². The highest BCUT2D eigenvalue weighted by molar-refractivity contribution is 6.32. The molecule has 0 aromatic heterocycles. The molecule has 3 rings (SSSR count). The first kappa shape index (κ1) is 15.9. The van der Waals surface area contributed by atoms with Crippen LogP contribution in [0.4, 0.5) is 0 Å². The average molecular weight is 325 g/mol. The van der Waals surface area contributed by atoms with E-state index in [1.807, 2.05) is 6.07 Å². The van der Waals surface area contributed by atoms with Crippen molar-refractivity contribution in [1.29, 1.82) is 0 Å². The van der Waals surface area contributed by atoms with E-state index in [1.54, 1.807) is 7.11 Å². The van der Waals surface area contributed by atoms with Crippen molar-refractivity contribution < 1.29 is 9.47 Å². The van der Waals surface area contributed by atoms with Gasteiger partial charge >= 0.3 is 0 Å². The summed E-state index contributed by atoms with van der Waals surface area (Å²) in [6.07, 6.45) is 3.54. The second-order valence-corrected chi connectivity index (χ2v) is 6.61. The Morgan fingerprint density at radius 1 is 1.27 bits per heavy atom. The van der Waals surface area contributed by atoms with Crippen LogP contribution >= 0.6 is 11.6 Å². The number of hydrogen-bond acceptors (Lipinski definition) is 4. The number of rotatable bonds is 7. The van der Waals surface area contributed by atoms with Gasteiger partial charge < -0.3 is 19.7 Å². The van der Waals surface area contributed by atoms with Gasteiger partial charge in [-0.2, -0.15) is 0 Å². The Morgan fingerprint density at radius 3 is 2.73 bits per heavy atom. The fraction of sp³-hybridized carbons (Fsp3) is 0.647. The number of nitrogens with zero attached hydrogens (tertiary/aromatic N) is 1. The number of hydrogen-bond donors (Lipinski definition) is 1. The summed E-state index contributed by atoms with van der Waals surface area (Å²) >= 11 is 6.36. The molecule has 2 aliphatic rings. The van der Waals surface area contributed by atoms with Crippen molar-refractivity contribution in [3.63, 3.8) is 0 Å². The third-order valence-electron chi connectivity index (χ3n) is 4.37. The number of piperazine rings is 1. The lowest BCUT2D eigenvalue weighted by Gasteiger charge is -2.27. The molecule has 1 aromatic carbocycles. The van der Waals surface area contributed by atoms with E-state index in [9.17, 15) is 0 Å². The predicted molar refractivity (Wildman–Crippen MR) is 89.2 cm³/mol. The fourth-order valence-electron chi connectivity index (χ4n) is 2.79. The van der Waals surface area contributed by atoms with Gasteiger partial charge in [0.15, 0.2) is 11.5 Å². The van der Waals surface area contributed by atoms with Crippen molar-refractivity contribution in [3.05, 3.63) is 22.7 Å². The summed E-state index contributed by atoms with van der Waals surface area (Å²) in [5.74, 6) is 2.17. The molecule has 2 fully saturated rings. The highest BCUT2D eigenvalue weighted by Gasteiger charge is 2.23. The summed E-state index contributed by atoms with van der Waals surface area (Å²) in [6, 6.07) is 4.10. The van der Waals surface area contributed by atoms with Crippen LogP contribution in [0, 0.1) is 5.92 Å². The number of halogens is 1. The number of ether oxygens (including phenoxy) is 2. The summed E-state index contributed by atoms with van der Waals surface area (Å²) in [4.78, 5) is 2.49. The van der Waals surface area contributed by atoms with Crippen molar-refractivity contribution in [2.45, 2.75) is 19.3 Å². The highest BCUT2D eigenvalue weighted by Crippen LogP contribution is 2.38. The van der Waals surface area contributed by atoms with Crippen LogP contribution in [0.15, 0.2) is 12.1 Å². The van der Waals surface area contributed by atoms with Crippen LogP contribution in [-0.4, -0.2) is 51.3 Å². The van der Waals surface area contributed by atoms with E-state index >= 15 is 0 Å². The fourth-order valence-corrected chi connectivity index (χ4v) is 3.10. The molecule has 1 heterocycles. The third kappa shape index (κ3) is 4.28. The predicted octanol–water partition coefficient (Wildman–Crippen LogP) is 2.59. The van der Waals surface area contributed by atoms with Crippen molar-refractivity contribution in [2.24, 2.45) is 5.92 Å². The lowest BCUT2D eigenvalue weighted by Crippen LogP contribution is -2.44. The molecule has 0 amide bonds. The van der Waals surface area contributed by atoms with E-state index in [2.05, 4.69) is 16.3 Å². The highest BCUT2D eigenvalue weighted by atomic mass is 35.5. The molecule has 0 bridgehead atoms.